The van der Waals surface area contributed by atoms with Crippen molar-refractivity contribution in [2.45, 2.75) is 6.32 Å². The van der Waals surface area contributed by atoms with Gasteiger partial charge in [-0.1, -0.05) is 42.7 Å². The average Bonchev–Trinajstić information content (AvgIpc) is 2.40. The number of ether oxygens (including phenoxy) is 1. The summed E-state index contributed by atoms with van der Waals surface area (Å²) < 4.78 is 5.30. The van der Waals surface area contributed by atoms with Crippen LogP contribution < -0.4 is 4.74 Å². The smallest absolute Gasteiger partial charge is 0.343 e. The van der Waals surface area contributed by atoms with Gasteiger partial charge in [0.15, 0.2) is 0 Å². The van der Waals surface area contributed by atoms with Crippen LogP contribution in [0.1, 0.15) is 15.9 Å². The molecule has 3 heteroatoms. The monoisotopic (exact) mass is 224 g/mol. The first-order valence-corrected chi connectivity index (χ1v) is 5.66. The van der Waals surface area contributed by atoms with Crippen molar-refractivity contribution in [3.05, 3.63) is 65.7 Å². The molecule has 2 nitrogen and oxygen atoms in total. The molecule has 0 radical (unpaired) electrons. The Hall–Kier alpha value is -2.03. The van der Waals surface area contributed by atoms with Gasteiger partial charge in [0.1, 0.15) is 13.6 Å². The van der Waals surface area contributed by atoms with Crippen LogP contribution in [0.3, 0.4) is 0 Å². The zero-order valence-electron chi connectivity index (χ0n) is 9.72. The van der Waals surface area contributed by atoms with E-state index in [2.05, 4.69) is 0 Å². The number of para-hydroxylation sites is 1. The first-order valence-electron chi connectivity index (χ1n) is 5.66. The van der Waals surface area contributed by atoms with Crippen molar-refractivity contribution in [2.75, 3.05) is 0 Å². The third kappa shape index (κ3) is 2.75. The summed E-state index contributed by atoms with van der Waals surface area (Å²) in [7, 11) is 2.02. The van der Waals surface area contributed by atoms with Gasteiger partial charge in [-0.3, -0.25) is 0 Å². The predicted octanol–water partition coefficient (Wildman–Crippen LogP) is 2.04. The van der Waals surface area contributed by atoms with Gasteiger partial charge >= 0.3 is 5.97 Å². The first kappa shape index (κ1) is 11.5. The number of esters is 1. The standard InChI is InChI=1S/C14H13BO2/c15-10-11-6-4-5-9-13(11)14(16)17-12-7-2-1-3-8-12/h1-9H,10,15H2. The van der Waals surface area contributed by atoms with Gasteiger partial charge in [0, 0.05) is 0 Å². The van der Waals surface area contributed by atoms with Crippen molar-refractivity contribution in [2.24, 2.45) is 0 Å². The van der Waals surface area contributed by atoms with E-state index in [0.717, 1.165) is 11.9 Å². The Balaban J connectivity index is 2.20. The highest BCUT2D eigenvalue weighted by molar-refractivity contribution is 6.09. The highest BCUT2D eigenvalue weighted by Gasteiger charge is 2.11. The van der Waals surface area contributed by atoms with Crippen LogP contribution in [0.4, 0.5) is 0 Å². The minimum absolute atomic E-state index is 0.298. The van der Waals surface area contributed by atoms with Gasteiger partial charge < -0.3 is 4.74 Å². The Labute approximate surface area is 102 Å². The molecular weight excluding hydrogens is 211 g/mol. The lowest BCUT2D eigenvalue weighted by Crippen LogP contribution is -2.11. The second kappa shape index (κ2) is 5.35. The third-order valence-corrected chi connectivity index (χ3v) is 2.57. The molecule has 0 saturated heterocycles. The lowest BCUT2D eigenvalue weighted by atomic mass is 9.93. The molecule has 2 aromatic rings. The van der Waals surface area contributed by atoms with E-state index in [1.807, 2.05) is 44.2 Å². The van der Waals surface area contributed by atoms with Gasteiger partial charge in [-0.15, -0.1) is 0 Å². The predicted molar refractivity (Wildman–Crippen MR) is 70.1 cm³/mol. The maximum atomic E-state index is 12.0. The summed E-state index contributed by atoms with van der Waals surface area (Å²) in [4.78, 5) is 12.0. The van der Waals surface area contributed by atoms with Crippen molar-refractivity contribution >= 4 is 13.8 Å². The summed E-state index contributed by atoms with van der Waals surface area (Å²) in [5.74, 6) is 0.275. The number of rotatable bonds is 3. The average molecular weight is 224 g/mol. The van der Waals surface area contributed by atoms with Crippen LogP contribution in [-0.2, 0) is 6.32 Å². The molecule has 0 aliphatic carbocycles. The molecule has 0 atom stereocenters. The van der Waals surface area contributed by atoms with Gasteiger partial charge in [0.25, 0.3) is 0 Å². The third-order valence-electron chi connectivity index (χ3n) is 2.57. The van der Waals surface area contributed by atoms with Crippen LogP contribution in [0.5, 0.6) is 5.75 Å². The summed E-state index contributed by atoms with van der Waals surface area (Å²) in [5.41, 5.74) is 1.65. The van der Waals surface area contributed by atoms with Crippen LogP contribution in [0.25, 0.3) is 0 Å². The van der Waals surface area contributed by atoms with Gasteiger partial charge in [-0.25, -0.2) is 4.79 Å². The Morgan fingerprint density at radius 3 is 2.35 bits per heavy atom. The Kier molecular flexibility index (Phi) is 3.60. The molecule has 0 aromatic heterocycles. The molecular formula is C14H13BO2. The second-order valence-electron chi connectivity index (χ2n) is 3.71. The summed E-state index contributed by atoms with van der Waals surface area (Å²) >= 11 is 0. The number of hydrogen-bond acceptors (Lipinski definition) is 2. The van der Waals surface area contributed by atoms with Crippen molar-refractivity contribution in [3.8, 4) is 5.75 Å². The molecule has 0 N–H and O–H groups in total. The van der Waals surface area contributed by atoms with Gasteiger partial charge in [0.05, 0.1) is 5.56 Å². The lowest BCUT2D eigenvalue weighted by molar-refractivity contribution is 0.0734. The molecule has 0 aliphatic heterocycles. The molecule has 0 unspecified atom stereocenters. The molecule has 2 rings (SSSR count). The number of benzene rings is 2. The van der Waals surface area contributed by atoms with Crippen molar-refractivity contribution < 1.29 is 9.53 Å². The van der Waals surface area contributed by atoms with Crippen molar-refractivity contribution in [1.82, 2.24) is 0 Å². The molecule has 0 bridgehead atoms. The van der Waals surface area contributed by atoms with Gasteiger partial charge in [-0.05, 0) is 23.8 Å². The summed E-state index contributed by atoms with van der Waals surface area (Å²) in [6, 6.07) is 16.6. The molecule has 84 valence electrons. The van der Waals surface area contributed by atoms with Crippen molar-refractivity contribution in [1.29, 1.82) is 0 Å². The fourth-order valence-electron chi connectivity index (χ4n) is 1.68. The van der Waals surface area contributed by atoms with Crippen molar-refractivity contribution in [3.63, 3.8) is 0 Å². The van der Waals surface area contributed by atoms with Crippen LogP contribution in [-0.4, -0.2) is 13.8 Å². The molecule has 0 aliphatic rings. The normalized spacial score (nSPS) is 9.88. The van der Waals surface area contributed by atoms with E-state index >= 15 is 0 Å². The molecule has 2 aromatic carbocycles. The van der Waals surface area contributed by atoms with Gasteiger partial charge in [-0.2, -0.15) is 0 Å². The highest BCUT2D eigenvalue weighted by atomic mass is 16.5. The van der Waals surface area contributed by atoms with E-state index in [9.17, 15) is 4.79 Å². The zero-order valence-corrected chi connectivity index (χ0v) is 9.72. The first-order chi connectivity index (χ1) is 8.31. The second-order valence-corrected chi connectivity index (χ2v) is 3.71. The minimum Gasteiger partial charge on any atom is -0.423 e. The molecule has 0 spiro atoms. The van der Waals surface area contributed by atoms with Crippen LogP contribution >= 0.6 is 0 Å². The quantitative estimate of drug-likeness (QED) is 0.453. The largest absolute Gasteiger partial charge is 0.423 e. The molecule has 17 heavy (non-hydrogen) atoms. The van der Waals surface area contributed by atoms with E-state index in [4.69, 9.17) is 4.74 Å². The van der Waals surface area contributed by atoms with Crippen LogP contribution in [0, 0.1) is 0 Å². The number of hydrogen-bond donors (Lipinski definition) is 0. The minimum atomic E-state index is -0.298. The van der Waals surface area contributed by atoms with Gasteiger partial charge in [0.2, 0.25) is 0 Å². The van der Waals surface area contributed by atoms with E-state index < -0.39 is 0 Å². The zero-order chi connectivity index (χ0) is 12.1. The summed E-state index contributed by atoms with van der Waals surface area (Å²) in [5, 5.41) is 0. The van der Waals surface area contributed by atoms with Crippen LogP contribution in [0.2, 0.25) is 0 Å². The molecule has 0 saturated carbocycles. The Morgan fingerprint density at radius 1 is 1.00 bits per heavy atom. The number of carbonyl (C=O) groups is 1. The van der Waals surface area contributed by atoms with E-state index in [1.165, 1.54) is 0 Å². The number of carbonyl (C=O) groups excluding carboxylic acids is 1. The molecule has 0 heterocycles. The summed E-state index contributed by atoms with van der Waals surface area (Å²) in [6.45, 7) is 0. The Bertz CT molecular complexity index is 509. The van der Waals surface area contributed by atoms with E-state index in [0.29, 0.717) is 11.3 Å². The maximum Gasteiger partial charge on any atom is 0.343 e. The fourth-order valence-corrected chi connectivity index (χ4v) is 1.68. The van der Waals surface area contributed by atoms with Crippen LogP contribution in [0.15, 0.2) is 54.6 Å². The van der Waals surface area contributed by atoms with E-state index in [-0.39, 0.29) is 5.97 Å². The van der Waals surface area contributed by atoms with E-state index in [1.54, 1.807) is 18.2 Å². The summed E-state index contributed by atoms with van der Waals surface area (Å²) in [6.07, 6.45) is 0.820. The SMILES string of the molecule is BCc1ccccc1C(=O)Oc1ccccc1. The lowest BCUT2D eigenvalue weighted by Gasteiger charge is -2.07. The molecule has 0 fully saturated rings. The fraction of sp³-hybridized carbons (Fsp3) is 0.0714. The topological polar surface area (TPSA) is 26.3 Å². The Morgan fingerprint density at radius 2 is 1.65 bits per heavy atom. The highest BCUT2D eigenvalue weighted by Crippen LogP contribution is 2.14. The maximum absolute atomic E-state index is 12.0. The molecule has 0 amide bonds.